The number of fused-ring (bicyclic) bond motifs is 1. The van der Waals surface area contributed by atoms with E-state index in [1.807, 2.05) is 6.26 Å². The van der Waals surface area contributed by atoms with E-state index in [0.29, 0.717) is 16.9 Å². The van der Waals surface area contributed by atoms with Crippen molar-refractivity contribution in [3.63, 3.8) is 0 Å². The lowest BCUT2D eigenvalue weighted by Crippen LogP contribution is -2.32. The molecule has 2 aromatic heterocycles. The van der Waals surface area contributed by atoms with Crippen LogP contribution in [0.25, 0.3) is 11.2 Å². The van der Waals surface area contributed by atoms with Crippen LogP contribution in [-0.4, -0.2) is 65.5 Å². The van der Waals surface area contributed by atoms with Gasteiger partial charge < -0.3 is 26.2 Å². The first-order chi connectivity index (χ1) is 9.63. The number of hydrogen-bond donors (Lipinski definition) is 3. The van der Waals surface area contributed by atoms with Crippen molar-refractivity contribution in [3.05, 3.63) is 12.7 Å². The third-order valence-corrected chi connectivity index (χ3v) is 3.99. The molecule has 0 amide bonds. The molecule has 0 saturated carbocycles. The topological polar surface area (TPSA) is 151 Å². The summed E-state index contributed by atoms with van der Waals surface area (Å²) in [5.74, 6) is 0.862. The lowest BCUT2D eigenvalue weighted by atomic mass is 10.1. The van der Waals surface area contributed by atoms with Crippen molar-refractivity contribution in [2.75, 3.05) is 17.7 Å². The number of aromatic nitrogens is 4. The fourth-order valence-electron chi connectivity index (χ4n) is 2.32. The Labute approximate surface area is 124 Å². The minimum Gasteiger partial charge on any atom is -0.412 e. The van der Waals surface area contributed by atoms with Crippen molar-refractivity contribution in [2.24, 2.45) is 0 Å². The molecule has 10 heteroatoms. The van der Waals surface area contributed by atoms with E-state index in [4.69, 9.17) is 10.5 Å². The highest BCUT2D eigenvalue weighted by Crippen LogP contribution is 2.32. The van der Waals surface area contributed by atoms with Crippen LogP contribution < -0.4 is 5.73 Å². The normalized spacial score (nSPS) is 28.7. The summed E-state index contributed by atoms with van der Waals surface area (Å²) in [6, 6.07) is 0. The van der Waals surface area contributed by atoms with E-state index in [-0.39, 0.29) is 11.3 Å². The van der Waals surface area contributed by atoms with Crippen LogP contribution in [0.2, 0.25) is 0 Å². The average Bonchev–Trinajstić information content (AvgIpc) is 2.97. The number of nitrogens with zero attached hydrogens (tertiary/aromatic N) is 4. The Kier molecular flexibility index (Phi) is 4.64. The molecule has 1 saturated heterocycles. The zero-order chi connectivity index (χ0) is 14.3. The summed E-state index contributed by atoms with van der Waals surface area (Å²) in [4.78, 5) is 12.1. The lowest BCUT2D eigenvalue weighted by Gasteiger charge is -2.16. The Balaban J connectivity index is 0.00000161. The molecule has 21 heavy (non-hydrogen) atoms. The molecular formula is C11H17N5O4S. The molecule has 6 N–H and O–H groups in total. The zero-order valence-electron chi connectivity index (χ0n) is 11.2. The number of rotatable bonds is 3. The summed E-state index contributed by atoms with van der Waals surface area (Å²) in [7, 11) is 0. The van der Waals surface area contributed by atoms with Crippen molar-refractivity contribution >= 4 is 28.7 Å². The molecule has 1 aliphatic rings. The molecule has 0 unspecified atom stereocenters. The van der Waals surface area contributed by atoms with E-state index < -0.39 is 24.5 Å². The summed E-state index contributed by atoms with van der Waals surface area (Å²) in [5, 5.41) is 20.2. The van der Waals surface area contributed by atoms with Gasteiger partial charge in [0.15, 0.2) is 17.7 Å². The Morgan fingerprint density at radius 3 is 2.81 bits per heavy atom. The SMILES string of the molecule is CSC[C@H]1O[C@@H](n2cnc3c(N)ncnc32)[C@H](O)[C@@H]1O.O. The van der Waals surface area contributed by atoms with Gasteiger partial charge in [0.25, 0.3) is 0 Å². The van der Waals surface area contributed by atoms with Gasteiger partial charge in [0.05, 0.1) is 12.4 Å². The first-order valence-electron chi connectivity index (χ1n) is 6.07. The van der Waals surface area contributed by atoms with Crippen LogP contribution in [0.1, 0.15) is 6.23 Å². The number of aliphatic hydroxyl groups excluding tert-OH is 2. The summed E-state index contributed by atoms with van der Waals surface area (Å²) < 4.78 is 7.29. The third kappa shape index (κ3) is 2.56. The summed E-state index contributed by atoms with van der Waals surface area (Å²) in [5.41, 5.74) is 6.64. The highest BCUT2D eigenvalue weighted by molar-refractivity contribution is 7.98. The number of thioether (sulfide) groups is 1. The Morgan fingerprint density at radius 2 is 2.10 bits per heavy atom. The highest BCUT2D eigenvalue weighted by atomic mass is 32.2. The second kappa shape index (κ2) is 6.12. The Morgan fingerprint density at radius 1 is 1.33 bits per heavy atom. The second-order valence-corrected chi connectivity index (χ2v) is 5.50. The first kappa shape index (κ1) is 15.9. The van der Waals surface area contributed by atoms with Crippen LogP contribution in [0.15, 0.2) is 12.7 Å². The first-order valence-corrected chi connectivity index (χ1v) is 7.46. The highest BCUT2D eigenvalue weighted by Gasteiger charge is 2.43. The van der Waals surface area contributed by atoms with Gasteiger partial charge in [0, 0.05) is 5.75 Å². The van der Waals surface area contributed by atoms with Gasteiger partial charge in [-0.3, -0.25) is 4.57 Å². The van der Waals surface area contributed by atoms with Gasteiger partial charge in [-0.25, -0.2) is 15.0 Å². The van der Waals surface area contributed by atoms with Gasteiger partial charge in [-0.1, -0.05) is 0 Å². The summed E-state index contributed by atoms with van der Waals surface area (Å²) in [6.07, 6.45) is 1.58. The smallest absolute Gasteiger partial charge is 0.167 e. The van der Waals surface area contributed by atoms with E-state index in [0.717, 1.165) is 0 Å². The molecule has 0 aliphatic carbocycles. The van der Waals surface area contributed by atoms with Crippen molar-refractivity contribution < 1.29 is 20.4 Å². The fourth-order valence-corrected chi connectivity index (χ4v) is 2.92. The lowest BCUT2D eigenvalue weighted by molar-refractivity contribution is -0.0288. The molecular weight excluding hydrogens is 298 g/mol. The molecule has 3 heterocycles. The third-order valence-electron chi connectivity index (χ3n) is 3.33. The van der Waals surface area contributed by atoms with E-state index in [2.05, 4.69) is 15.0 Å². The second-order valence-electron chi connectivity index (χ2n) is 4.58. The molecule has 1 aliphatic heterocycles. The maximum Gasteiger partial charge on any atom is 0.167 e. The molecule has 0 bridgehead atoms. The number of anilines is 1. The standard InChI is InChI=1S/C11H15N5O3S.H2O/c1-20-2-5-7(17)8(18)11(19-5)16-4-15-6-9(12)13-3-14-10(6)16;/h3-5,7-8,11,17-18H,2H2,1H3,(H2,12,13,14);1H2/t5-,7-,8-,11-;/m1./s1. The van der Waals surface area contributed by atoms with Gasteiger partial charge >= 0.3 is 0 Å². The van der Waals surface area contributed by atoms with Crippen LogP contribution in [0, 0.1) is 0 Å². The van der Waals surface area contributed by atoms with Gasteiger partial charge in [-0.15, -0.1) is 0 Å². The van der Waals surface area contributed by atoms with E-state index in [1.165, 1.54) is 12.7 Å². The van der Waals surface area contributed by atoms with Crippen LogP contribution in [0.5, 0.6) is 0 Å². The van der Waals surface area contributed by atoms with E-state index in [1.54, 1.807) is 16.3 Å². The van der Waals surface area contributed by atoms with Gasteiger partial charge in [0.1, 0.15) is 24.1 Å². The van der Waals surface area contributed by atoms with E-state index in [9.17, 15) is 10.2 Å². The largest absolute Gasteiger partial charge is 0.412 e. The maximum atomic E-state index is 10.1. The van der Waals surface area contributed by atoms with Gasteiger partial charge in [0.2, 0.25) is 0 Å². The minimum absolute atomic E-state index is 0. The number of nitrogen functional groups attached to an aromatic ring is 1. The monoisotopic (exact) mass is 315 g/mol. The molecule has 3 rings (SSSR count). The zero-order valence-corrected chi connectivity index (χ0v) is 12.1. The predicted molar refractivity (Wildman–Crippen MR) is 77.7 cm³/mol. The van der Waals surface area contributed by atoms with E-state index >= 15 is 0 Å². The van der Waals surface area contributed by atoms with Crippen LogP contribution in [-0.2, 0) is 4.74 Å². The van der Waals surface area contributed by atoms with Gasteiger partial charge in [-0.05, 0) is 6.26 Å². The Bertz CT molecular complexity index is 624. The van der Waals surface area contributed by atoms with Crippen molar-refractivity contribution in [1.82, 2.24) is 19.5 Å². The molecule has 116 valence electrons. The molecule has 1 fully saturated rings. The summed E-state index contributed by atoms with van der Waals surface area (Å²) in [6.45, 7) is 0. The number of nitrogens with two attached hydrogens (primary N) is 1. The molecule has 2 aromatic rings. The molecule has 0 radical (unpaired) electrons. The van der Waals surface area contributed by atoms with Crippen molar-refractivity contribution in [3.8, 4) is 0 Å². The number of hydrogen-bond acceptors (Lipinski definition) is 8. The number of ether oxygens (including phenoxy) is 1. The fraction of sp³-hybridized carbons (Fsp3) is 0.545. The maximum absolute atomic E-state index is 10.1. The van der Waals surface area contributed by atoms with Gasteiger partial charge in [-0.2, -0.15) is 11.8 Å². The molecule has 9 nitrogen and oxygen atoms in total. The minimum atomic E-state index is -1.04. The average molecular weight is 315 g/mol. The summed E-state index contributed by atoms with van der Waals surface area (Å²) >= 11 is 1.54. The molecule has 4 atom stereocenters. The predicted octanol–water partition coefficient (Wildman–Crippen LogP) is -1.43. The Hall–Kier alpha value is -1.46. The van der Waals surface area contributed by atoms with Crippen LogP contribution in [0.4, 0.5) is 5.82 Å². The number of aliphatic hydroxyl groups is 2. The van der Waals surface area contributed by atoms with Crippen molar-refractivity contribution in [2.45, 2.75) is 24.5 Å². The van der Waals surface area contributed by atoms with Crippen LogP contribution >= 0.6 is 11.8 Å². The van der Waals surface area contributed by atoms with Crippen molar-refractivity contribution in [1.29, 1.82) is 0 Å². The van der Waals surface area contributed by atoms with Crippen LogP contribution in [0.3, 0.4) is 0 Å². The number of imidazole rings is 1. The molecule has 0 aromatic carbocycles. The molecule has 0 spiro atoms. The quantitative estimate of drug-likeness (QED) is 0.623.